The van der Waals surface area contributed by atoms with Gasteiger partial charge in [-0.25, -0.2) is 4.98 Å². The van der Waals surface area contributed by atoms with Gasteiger partial charge in [-0.3, -0.25) is 9.69 Å². The first kappa shape index (κ1) is 16.1. The van der Waals surface area contributed by atoms with E-state index in [1.807, 2.05) is 31.4 Å². The number of nitrogens with zero attached hydrogens (tertiary/aromatic N) is 2. The topological polar surface area (TPSA) is 58.2 Å². The molecule has 0 saturated heterocycles. The van der Waals surface area contributed by atoms with Crippen molar-refractivity contribution in [3.05, 3.63) is 51.4 Å². The Labute approximate surface area is 140 Å². The largest absolute Gasteiger partial charge is 0.494 e. The van der Waals surface area contributed by atoms with Crippen molar-refractivity contribution in [1.82, 2.24) is 14.9 Å². The zero-order valence-electron chi connectivity index (χ0n) is 13.5. The summed E-state index contributed by atoms with van der Waals surface area (Å²) in [4.78, 5) is 21.9. The predicted octanol–water partition coefficient (Wildman–Crippen LogP) is 2.45. The standard InChI is InChI=1S/C17H21N3O2S/c1-3-22-15-7-5-4-6-12(15)10-20-9-8-14-13(11-20)16(21)19-17(18-14)23-2/h4-7H,3,8-11H2,1-2H3,(H,18,19,21). The second kappa shape index (κ2) is 7.19. The van der Waals surface area contributed by atoms with Crippen LogP contribution in [0.2, 0.25) is 0 Å². The fraction of sp³-hybridized carbons (Fsp3) is 0.412. The highest BCUT2D eigenvalue weighted by atomic mass is 32.2. The maximum absolute atomic E-state index is 12.3. The highest BCUT2D eigenvalue weighted by Gasteiger charge is 2.21. The second-order valence-electron chi connectivity index (χ2n) is 5.50. The van der Waals surface area contributed by atoms with Gasteiger partial charge in [0.1, 0.15) is 5.75 Å². The number of aromatic amines is 1. The quantitative estimate of drug-likeness (QED) is 0.674. The lowest BCUT2D eigenvalue weighted by molar-refractivity contribution is 0.235. The first-order valence-electron chi connectivity index (χ1n) is 7.80. The number of thioether (sulfide) groups is 1. The van der Waals surface area contributed by atoms with Crippen LogP contribution in [0.4, 0.5) is 0 Å². The molecule has 2 heterocycles. The van der Waals surface area contributed by atoms with Gasteiger partial charge in [-0.2, -0.15) is 0 Å². The summed E-state index contributed by atoms with van der Waals surface area (Å²) >= 11 is 1.47. The van der Waals surface area contributed by atoms with Crippen LogP contribution in [0.25, 0.3) is 0 Å². The monoisotopic (exact) mass is 331 g/mol. The van der Waals surface area contributed by atoms with E-state index in [1.165, 1.54) is 11.8 Å². The molecule has 0 radical (unpaired) electrons. The van der Waals surface area contributed by atoms with E-state index >= 15 is 0 Å². The number of benzene rings is 1. The lowest BCUT2D eigenvalue weighted by atomic mass is 10.1. The summed E-state index contributed by atoms with van der Waals surface area (Å²) in [7, 11) is 0. The molecule has 0 atom stereocenters. The molecule has 0 amide bonds. The number of hydrogen-bond donors (Lipinski definition) is 1. The molecule has 0 fully saturated rings. The van der Waals surface area contributed by atoms with Crippen LogP contribution in [-0.2, 0) is 19.5 Å². The van der Waals surface area contributed by atoms with E-state index in [0.29, 0.717) is 18.3 Å². The molecule has 0 bridgehead atoms. The van der Waals surface area contributed by atoms with Gasteiger partial charge >= 0.3 is 0 Å². The first-order chi connectivity index (χ1) is 11.2. The van der Waals surface area contributed by atoms with Crippen molar-refractivity contribution in [3.8, 4) is 5.75 Å². The average Bonchev–Trinajstić information content (AvgIpc) is 2.57. The van der Waals surface area contributed by atoms with Gasteiger partial charge in [-0.15, -0.1) is 0 Å². The Hall–Kier alpha value is -1.79. The van der Waals surface area contributed by atoms with E-state index in [0.717, 1.165) is 42.1 Å². The number of H-pyrrole nitrogens is 1. The fourth-order valence-electron chi connectivity index (χ4n) is 2.86. The Morgan fingerprint density at radius 2 is 2.22 bits per heavy atom. The molecule has 0 saturated carbocycles. The average molecular weight is 331 g/mol. The van der Waals surface area contributed by atoms with Gasteiger partial charge in [0.2, 0.25) is 0 Å². The van der Waals surface area contributed by atoms with Crippen LogP contribution >= 0.6 is 11.8 Å². The highest BCUT2D eigenvalue weighted by Crippen LogP contribution is 2.23. The molecule has 0 unspecified atom stereocenters. The molecule has 1 N–H and O–H groups in total. The summed E-state index contributed by atoms with van der Waals surface area (Å²) in [6.45, 7) is 4.95. The normalized spacial score (nSPS) is 14.5. The molecule has 5 nitrogen and oxygen atoms in total. The summed E-state index contributed by atoms with van der Waals surface area (Å²) in [6, 6.07) is 8.09. The molecule has 1 aromatic carbocycles. The summed E-state index contributed by atoms with van der Waals surface area (Å²) in [5.41, 5.74) is 2.88. The molecule has 1 aromatic heterocycles. The molecular weight excluding hydrogens is 310 g/mol. The van der Waals surface area contributed by atoms with Crippen molar-refractivity contribution in [2.45, 2.75) is 31.6 Å². The van der Waals surface area contributed by atoms with Gasteiger partial charge in [0, 0.05) is 31.6 Å². The van der Waals surface area contributed by atoms with Crippen LogP contribution in [-0.4, -0.2) is 34.3 Å². The van der Waals surface area contributed by atoms with Crippen LogP contribution in [0.3, 0.4) is 0 Å². The van der Waals surface area contributed by atoms with E-state index in [-0.39, 0.29) is 5.56 Å². The van der Waals surface area contributed by atoms with E-state index < -0.39 is 0 Å². The van der Waals surface area contributed by atoms with Crippen LogP contribution in [0, 0.1) is 0 Å². The van der Waals surface area contributed by atoms with Crippen molar-refractivity contribution in [2.75, 3.05) is 19.4 Å². The molecule has 0 spiro atoms. The van der Waals surface area contributed by atoms with Crippen molar-refractivity contribution in [1.29, 1.82) is 0 Å². The summed E-state index contributed by atoms with van der Waals surface area (Å²) in [5.74, 6) is 0.922. The molecular formula is C17H21N3O2S. The molecule has 23 heavy (non-hydrogen) atoms. The predicted molar refractivity (Wildman–Crippen MR) is 92.1 cm³/mol. The smallest absolute Gasteiger partial charge is 0.256 e. The Bertz CT molecular complexity index is 745. The molecule has 1 aliphatic heterocycles. The van der Waals surface area contributed by atoms with Gasteiger partial charge in [-0.05, 0) is 19.2 Å². The lowest BCUT2D eigenvalue weighted by Gasteiger charge is -2.28. The van der Waals surface area contributed by atoms with Gasteiger partial charge in [0.25, 0.3) is 5.56 Å². The third-order valence-electron chi connectivity index (χ3n) is 3.99. The Morgan fingerprint density at radius 1 is 1.39 bits per heavy atom. The van der Waals surface area contributed by atoms with Gasteiger partial charge in [0.05, 0.1) is 17.9 Å². The van der Waals surface area contributed by atoms with E-state index in [2.05, 4.69) is 20.9 Å². The number of fused-ring (bicyclic) bond motifs is 1. The van der Waals surface area contributed by atoms with E-state index in [4.69, 9.17) is 4.74 Å². The summed E-state index contributed by atoms with van der Waals surface area (Å²) in [5, 5.41) is 0.698. The molecule has 0 aliphatic carbocycles. The van der Waals surface area contributed by atoms with Crippen molar-refractivity contribution >= 4 is 11.8 Å². The highest BCUT2D eigenvalue weighted by molar-refractivity contribution is 7.98. The SMILES string of the molecule is CCOc1ccccc1CN1CCc2nc(SC)[nH]c(=O)c2C1. The third kappa shape index (κ3) is 3.59. The molecule has 3 rings (SSSR count). The lowest BCUT2D eigenvalue weighted by Crippen LogP contribution is -2.35. The molecule has 122 valence electrons. The van der Waals surface area contributed by atoms with Crippen LogP contribution in [0.5, 0.6) is 5.75 Å². The van der Waals surface area contributed by atoms with E-state index in [9.17, 15) is 4.79 Å². The Morgan fingerprint density at radius 3 is 3.00 bits per heavy atom. The zero-order chi connectivity index (χ0) is 16.2. The second-order valence-corrected chi connectivity index (χ2v) is 6.30. The molecule has 6 heteroatoms. The number of ether oxygens (including phenoxy) is 1. The maximum Gasteiger partial charge on any atom is 0.256 e. The third-order valence-corrected chi connectivity index (χ3v) is 4.57. The number of hydrogen-bond acceptors (Lipinski definition) is 5. The van der Waals surface area contributed by atoms with Crippen molar-refractivity contribution < 1.29 is 4.74 Å². The van der Waals surface area contributed by atoms with Crippen LogP contribution in [0.15, 0.2) is 34.2 Å². The zero-order valence-corrected chi connectivity index (χ0v) is 14.3. The van der Waals surface area contributed by atoms with Crippen molar-refractivity contribution in [2.24, 2.45) is 0 Å². The minimum atomic E-state index is -0.0119. The Balaban J connectivity index is 1.79. The summed E-state index contributed by atoms with van der Waals surface area (Å²) in [6.07, 6.45) is 2.73. The Kier molecular flexibility index (Phi) is 5.03. The van der Waals surface area contributed by atoms with Crippen molar-refractivity contribution in [3.63, 3.8) is 0 Å². The van der Waals surface area contributed by atoms with E-state index in [1.54, 1.807) is 0 Å². The number of rotatable bonds is 5. The fourth-order valence-corrected chi connectivity index (χ4v) is 3.26. The minimum Gasteiger partial charge on any atom is -0.494 e. The minimum absolute atomic E-state index is 0.0119. The number of aromatic nitrogens is 2. The maximum atomic E-state index is 12.3. The van der Waals surface area contributed by atoms with Crippen LogP contribution < -0.4 is 10.3 Å². The number of nitrogens with one attached hydrogen (secondary N) is 1. The molecule has 2 aromatic rings. The van der Waals surface area contributed by atoms with Gasteiger partial charge in [-0.1, -0.05) is 30.0 Å². The first-order valence-corrected chi connectivity index (χ1v) is 9.03. The van der Waals surface area contributed by atoms with Gasteiger partial charge in [0.15, 0.2) is 5.16 Å². The molecule has 1 aliphatic rings. The van der Waals surface area contributed by atoms with Gasteiger partial charge < -0.3 is 9.72 Å². The summed E-state index contributed by atoms with van der Waals surface area (Å²) < 4.78 is 5.69. The van der Waals surface area contributed by atoms with Crippen LogP contribution in [0.1, 0.15) is 23.7 Å². The number of para-hydroxylation sites is 1.